The lowest BCUT2D eigenvalue weighted by molar-refractivity contribution is -0.122. The van der Waals surface area contributed by atoms with Crippen LogP contribution in [-0.4, -0.2) is 16.9 Å². The number of carbonyl (C=O) groups is 2. The fourth-order valence-corrected chi connectivity index (χ4v) is 1.51. The molecule has 0 heterocycles. The van der Waals surface area contributed by atoms with Crippen molar-refractivity contribution in [2.75, 3.05) is 10.6 Å². The summed E-state index contributed by atoms with van der Waals surface area (Å²) in [5.74, 6) is -0.422. The highest BCUT2D eigenvalue weighted by Gasteiger charge is 2.08. The minimum atomic E-state index is -0.146. The number of rotatable bonds is 3. The summed E-state index contributed by atoms with van der Waals surface area (Å²) >= 11 is 5.03. The minimum absolute atomic E-state index is 0.134. The highest BCUT2D eigenvalue weighted by molar-refractivity contribution is 7.80. The zero-order valence-electron chi connectivity index (χ0n) is 11.1. The fraction of sp³-hybridized carbons (Fsp3) is 0.308. The van der Waals surface area contributed by atoms with Crippen molar-refractivity contribution < 1.29 is 9.59 Å². The molecule has 0 saturated carbocycles. The molecule has 102 valence electrons. The number of nitrogens with one attached hydrogen (secondary N) is 3. The first kappa shape index (κ1) is 15.1. The second kappa shape index (κ2) is 6.84. The molecule has 0 spiro atoms. The van der Waals surface area contributed by atoms with Crippen LogP contribution in [0.2, 0.25) is 0 Å². The third-order valence-corrected chi connectivity index (χ3v) is 2.41. The number of carbonyl (C=O) groups excluding carboxylic acids is 2. The first-order valence-corrected chi connectivity index (χ1v) is 6.29. The van der Waals surface area contributed by atoms with Crippen LogP contribution in [0.5, 0.6) is 0 Å². The SMILES string of the molecule is CC(=O)Nc1cccc(NC(=S)NC(=O)C(C)C)c1. The molecule has 0 saturated heterocycles. The van der Waals surface area contributed by atoms with Crippen LogP contribution in [0.1, 0.15) is 20.8 Å². The smallest absolute Gasteiger partial charge is 0.228 e. The minimum Gasteiger partial charge on any atom is -0.332 e. The van der Waals surface area contributed by atoms with Gasteiger partial charge in [-0.25, -0.2) is 0 Å². The zero-order chi connectivity index (χ0) is 14.4. The number of hydrogen-bond donors (Lipinski definition) is 3. The van der Waals surface area contributed by atoms with Crippen LogP contribution in [-0.2, 0) is 9.59 Å². The first-order valence-electron chi connectivity index (χ1n) is 5.88. The van der Waals surface area contributed by atoms with Gasteiger partial charge < -0.3 is 16.0 Å². The molecule has 0 atom stereocenters. The molecule has 5 nitrogen and oxygen atoms in total. The number of hydrogen-bond acceptors (Lipinski definition) is 3. The Morgan fingerprint density at radius 1 is 1.16 bits per heavy atom. The maximum atomic E-state index is 11.5. The second-order valence-electron chi connectivity index (χ2n) is 4.36. The monoisotopic (exact) mass is 279 g/mol. The van der Waals surface area contributed by atoms with Crippen molar-refractivity contribution in [2.24, 2.45) is 5.92 Å². The summed E-state index contributed by atoms with van der Waals surface area (Å²) in [5, 5.41) is 8.37. The van der Waals surface area contributed by atoms with Crippen molar-refractivity contribution in [2.45, 2.75) is 20.8 Å². The lowest BCUT2D eigenvalue weighted by Gasteiger charge is -2.12. The van der Waals surface area contributed by atoms with E-state index in [0.717, 1.165) is 0 Å². The molecular weight excluding hydrogens is 262 g/mol. The van der Waals surface area contributed by atoms with Crippen LogP contribution in [0, 0.1) is 5.92 Å². The van der Waals surface area contributed by atoms with Crippen molar-refractivity contribution in [3.63, 3.8) is 0 Å². The first-order chi connectivity index (χ1) is 8.88. The number of amides is 2. The molecule has 1 aromatic carbocycles. The van der Waals surface area contributed by atoms with Gasteiger partial charge in [0.2, 0.25) is 11.8 Å². The molecule has 0 aliphatic rings. The maximum absolute atomic E-state index is 11.5. The van der Waals surface area contributed by atoms with Crippen LogP contribution < -0.4 is 16.0 Å². The van der Waals surface area contributed by atoms with Gasteiger partial charge in [-0.15, -0.1) is 0 Å². The maximum Gasteiger partial charge on any atom is 0.228 e. The Labute approximate surface area is 117 Å². The van der Waals surface area contributed by atoms with Crippen molar-refractivity contribution in [1.82, 2.24) is 5.32 Å². The van der Waals surface area contributed by atoms with E-state index in [0.29, 0.717) is 11.4 Å². The number of benzene rings is 1. The van der Waals surface area contributed by atoms with Crippen molar-refractivity contribution in [3.05, 3.63) is 24.3 Å². The highest BCUT2D eigenvalue weighted by Crippen LogP contribution is 2.14. The van der Waals surface area contributed by atoms with Crippen LogP contribution >= 0.6 is 12.2 Å². The molecule has 0 aliphatic carbocycles. The van der Waals surface area contributed by atoms with Gasteiger partial charge in [-0.3, -0.25) is 9.59 Å². The van der Waals surface area contributed by atoms with Crippen molar-refractivity contribution in [1.29, 1.82) is 0 Å². The molecule has 1 rings (SSSR count). The van der Waals surface area contributed by atoms with Gasteiger partial charge >= 0.3 is 0 Å². The summed E-state index contributed by atoms with van der Waals surface area (Å²) in [6, 6.07) is 7.07. The highest BCUT2D eigenvalue weighted by atomic mass is 32.1. The summed E-state index contributed by atoms with van der Waals surface area (Å²) in [6.45, 7) is 5.01. The second-order valence-corrected chi connectivity index (χ2v) is 4.77. The van der Waals surface area contributed by atoms with E-state index in [1.807, 2.05) is 0 Å². The molecule has 0 fully saturated rings. The number of anilines is 2. The summed E-state index contributed by atoms with van der Waals surface area (Å²) in [4.78, 5) is 22.4. The van der Waals surface area contributed by atoms with Gasteiger partial charge in [-0.05, 0) is 30.4 Å². The molecule has 6 heteroatoms. The van der Waals surface area contributed by atoms with Gasteiger partial charge in [0.05, 0.1) is 0 Å². The van der Waals surface area contributed by atoms with E-state index in [4.69, 9.17) is 12.2 Å². The fourth-order valence-electron chi connectivity index (χ4n) is 1.30. The summed E-state index contributed by atoms with van der Waals surface area (Å²) < 4.78 is 0. The molecule has 0 aromatic heterocycles. The zero-order valence-corrected chi connectivity index (χ0v) is 11.9. The van der Waals surface area contributed by atoms with E-state index in [1.165, 1.54) is 6.92 Å². The van der Waals surface area contributed by atoms with Crippen LogP contribution in [0.3, 0.4) is 0 Å². The predicted octanol–water partition coefficient (Wildman–Crippen LogP) is 2.11. The van der Waals surface area contributed by atoms with E-state index in [9.17, 15) is 9.59 Å². The Hall–Kier alpha value is -1.95. The van der Waals surface area contributed by atoms with Gasteiger partial charge in [0.25, 0.3) is 0 Å². The molecule has 0 aliphatic heterocycles. The lowest BCUT2D eigenvalue weighted by atomic mass is 10.2. The van der Waals surface area contributed by atoms with Gasteiger partial charge in [0.15, 0.2) is 5.11 Å². The van der Waals surface area contributed by atoms with E-state index < -0.39 is 0 Å². The average molecular weight is 279 g/mol. The van der Waals surface area contributed by atoms with Crippen molar-refractivity contribution >= 4 is 40.5 Å². The third kappa shape index (κ3) is 5.48. The Morgan fingerprint density at radius 3 is 2.26 bits per heavy atom. The molecule has 0 unspecified atom stereocenters. The lowest BCUT2D eigenvalue weighted by Crippen LogP contribution is -2.36. The summed E-state index contributed by atoms with van der Waals surface area (Å²) in [6.07, 6.45) is 0. The summed E-state index contributed by atoms with van der Waals surface area (Å²) in [7, 11) is 0. The molecule has 0 bridgehead atoms. The topological polar surface area (TPSA) is 70.2 Å². The van der Waals surface area contributed by atoms with Gasteiger partial charge in [-0.1, -0.05) is 19.9 Å². The predicted molar refractivity (Wildman–Crippen MR) is 79.9 cm³/mol. The van der Waals surface area contributed by atoms with E-state index in [2.05, 4.69) is 16.0 Å². The van der Waals surface area contributed by atoms with Gasteiger partial charge in [0, 0.05) is 24.2 Å². The Bertz CT molecular complexity index is 500. The van der Waals surface area contributed by atoms with Crippen LogP contribution in [0.25, 0.3) is 0 Å². The van der Waals surface area contributed by atoms with Crippen LogP contribution in [0.15, 0.2) is 24.3 Å². The standard InChI is InChI=1S/C13H17N3O2S/c1-8(2)12(18)16-13(19)15-11-6-4-5-10(7-11)14-9(3)17/h4-8H,1-3H3,(H,14,17)(H2,15,16,18,19). The normalized spacial score (nSPS) is 9.89. The van der Waals surface area contributed by atoms with E-state index in [1.54, 1.807) is 38.1 Å². The molecule has 19 heavy (non-hydrogen) atoms. The molecule has 3 N–H and O–H groups in total. The Morgan fingerprint density at radius 2 is 1.74 bits per heavy atom. The van der Waals surface area contributed by atoms with E-state index in [-0.39, 0.29) is 22.8 Å². The Balaban J connectivity index is 2.64. The molecule has 2 amide bonds. The molecule has 1 aromatic rings. The Kier molecular flexibility index (Phi) is 5.44. The quantitative estimate of drug-likeness (QED) is 0.741. The largest absolute Gasteiger partial charge is 0.332 e. The third-order valence-electron chi connectivity index (χ3n) is 2.20. The average Bonchev–Trinajstić information content (AvgIpc) is 2.27. The van der Waals surface area contributed by atoms with Gasteiger partial charge in [0.1, 0.15) is 0 Å². The number of thiocarbonyl (C=S) groups is 1. The van der Waals surface area contributed by atoms with Gasteiger partial charge in [-0.2, -0.15) is 0 Å². The van der Waals surface area contributed by atoms with Crippen molar-refractivity contribution in [3.8, 4) is 0 Å². The van der Waals surface area contributed by atoms with Crippen LogP contribution in [0.4, 0.5) is 11.4 Å². The molecular formula is C13H17N3O2S. The van der Waals surface area contributed by atoms with E-state index >= 15 is 0 Å². The summed E-state index contributed by atoms with van der Waals surface area (Å²) in [5.41, 5.74) is 1.36. The molecule has 0 radical (unpaired) electrons.